The zero-order valence-electron chi connectivity index (χ0n) is 9.00. The van der Waals surface area contributed by atoms with Crippen LogP contribution >= 0.6 is 23.2 Å². The molecule has 0 aromatic carbocycles. The third-order valence-corrected chi connectivity index (χ3v) is 2.67. The summed E-state index contributed by atoms with van der Waals surface area (Å²) in [6, 6.07) is 1.53. The van der Waals surface area contributed by atoms with E-state index in [0.717, 1.165) is 12.8 Å². The molecule has 1 aromatic heterocycles. The molecule has 0 radical (unpaired) electrons. The van der Waals surface area contributed by atoms with Crippen molar-refractivity contribution in [3.8, 4) is 0 Å². The van der Waals surface area contributed by atoms with E-state index in [9.17, 15) is 5.11 Å². The van der Waals surface area contributed by atoms with E-state index in [1.54, 1.807) is 0 Å². The van der Waals surface area contributed by atoms with Crippen molar-refractivity contribution in [2.24, 2.45) is 0 Å². The van der Waals surface area contributed by atoms with Crippen LogP contribution in [0.5, 0.6) is 0 Å². The van der Waals surface area contributed by atoms with Gasteiger partial charge in [-0.2, -0.15) is 0 Å². The van der Waals surface area contributed by atoms with E-state index >= 15 is 0 Å². The van der Waals surface area contributed by atoms with Gasteiger partial charge in [-0.3, -0.25) is 0 Å². The molecule has 0 saturated carbocycles. The van der Waals surface area contributed by atoms with Gasteiger partial charge in [0.15, 0.2) is 0 Å². The molecule has 4 N–H and O–H groups in total. The summed E-state index contributed by atoms with van der Waals surface area (Å²) in [4.78, 5) is 4.00. The molecule has 0 amide bonds. The minimum atomic E-state index is -0.417. The van der Waals surface area contributed by atoms with Crippen LogP contribution in [0.3, 0.4) is 0 Å². The first kappa shape index (κ1) is 13.4. The van der Waals surface area contributed by atoms with E-state index in [4.69, 9.17) is 28.9 Å². The first-order valence-electron chi connectivity index (χ1n) is 5.08. The lowest BCUT2D eigenvalue weighted by atomic mass is 10.2. The first-order valence-corrected chi connectivity index (χ1v) is 5.83. The smallest absolute Gasteiger partial charge is 0.147 e. The van der Waals surface area contributed by atoms with Crippen LogP contribution in [0.2, 0.25) is 10.0 Å². The predicted octanol–water partition coefficient (Wildman–Crippen LogP) is 2.54. The van der Waals surface area contributed by atoms with Gasteiger partial charge in [-0.05, 0) is 12.5 Å². The monoisotopic (exact) mass is 263 g/mol. The Morgan fingerprint density at radius 1 is 1.50 bits per heavy atom. The molecule has 1 aromatic rings. The molecular formula is C10H15Cl2N3O. The maximum atomic E-state index is 9.53. The van der Waals surface area contributed by atoms with Crippen LogP contribution in [-0.2, 0) is 0 Å². The number of nitrogens with zero attached hydrogens (tertiary/aromatic N) is 1. The number of aliphatic hydroxyl groups is 1. The number of pyridine rings is 1. The van der Waals surface area contributed by atoms with Crippen molar-refractivity contribution in [2.45, 2.75) is 25.9 Å². The molecule has 16 heavy (non-hydrogen) atoms. The zero-order valence-corrected chi connectivity index (χ0v) is 10.5. The van der Waals surface area contributed by atoms with Gasteiger partial charge in [0.1, 0.15) is 11.6 Å². The lowest BCUT2D eigenvalue weighted by Crippen LogP contribution is -2.19. The summed E-state index contributed by atoms with van der Waals surface area (Å²) < 4.78 is 0. The van der Waals surface area contributed by atoms with Crippen molar-refractivity contribution in [1.29, 1.82) is 0 Å². The van der Waals surface area contributed by atoms with Crippen LogP contribution in [0.25, 0.3) is 0 Å². The van der Waals surface area contributed by atoms with Crippen LogP contribution in [0.15, 0.2) is 6.07 Å². The standard InChI is InChI=1S/C10H15Cl2N3O/c1-2-3-6(16)5-14-10-8(12)4-7(11)9(13)15-10/h4,6,16H,2-3,5H2,1H3,(H3,13,14,15). The number of rotatable bonds is 5. The van der Waals surface area contributed by atoms with Gasteiger partial charge in [-0.1, -0.05) is 36.5 Å². The number of aromatic nitrogens is 1. The molecule has 0 spiro atoms. The van der Waals surface area contributed by atoms with E-state index in [-0.39, 0.29) is 5.82 Å². The minimum absolute atomic E-state index is 0.221. The van der Waals surface area contributed by atoms with E-state index in [1.807, 2.05) is 6.92 Å². The van der Waals surface area contributed by atoms with Gasteiger partial charge in [0.2, 0.25) is 0 Å². The number of anilines is 2. The van der Waals surface area contributed by atoms with Gasteiger partial charge in [0.05, 0.1) is 16.1 Å². The van der Waals surface area contributed by atoms with E-state index in [0.29, 0.717) is 22.4 Å². The summed E-state index contributed by atoms with van der Waals surface area (Å²) in [6.07, 6.45) is 1.24. The highest BCUT2D eigenvalue weighted by Gasteiger charge is 2.08. The number of nitrogen functional groups attached to an aromatic ring is 1. The number of halogens is 2. The summed E-state index contributed by atoms with van der Waals surface area (Å²) in [7, 11) is 0. The Hall–Kier alpha value is -0.710. The van der Waals surface area contributed by atoms with Crippen LogP contribution in [-0.4, -0.2) is 22.7 Å². The molecule has 0 fully saturated rings. The van der Waals surface area contributed by atoms with Crippen molar-refractivity contribution >= 4 is 34.8 Å². The molecular weight excluding hydrogens is 249 g/mol. The van der Waals surface area contributed by atoms with Gasteiger partial charge < -0.3 is 16.2 Å². The maximum absolute atomic E-state index is 9.53. The molecule has 0 aliphatic rings. The summed E-state index contributed by atoms with van der Waals surface area (Å²) in [5, 5.41) is 13.2. The van der Waals surface area contributed by atoms with E-state index in [2.05, 4.69) is 10.3 Å². The Bertz CT molecular complexity index is 360. The average molecular weight is 264 g/mol. The minimum Gasteiger partial charge on any atom is -0.391 e. The largest absolute Gasteiger partial charge is 0.391 e. The second-order valence-corrected chi connectivity index (χ2v) is 4.32. The number of nitrogens with two attached hydrogens (primary N) is 1. The fraction of sp³-hybridized carbons (Fsp3) is 0.500. The second kappa shape index (κ2) is 6.13. The highest BCUT2D eigenvalue weighted by Crippen LogP contribution is 2.27. The quantitative estimate of drug-likeness (QED) is 0.764. The third-order valence-electron chi connectivity index (χ3n) is 2.08. The molecule has 0 bridgehead atoms. The Morgan fingerprint density at radius 2 is 2.19 bits per heavy atom. The van der Waals surface area contributed by atoms with Crippen molar-refractivity contribution in [3.05, 3.63) is 16.1 Å². The lowest BCUT2D eigenvalue weighted by Gasteiger charge is -2.12. The van der Waals surface area contributed by atoms with Gasteiger partial charge in [-0.15, -0.1) is 0 Å². The maximum Gasteiger partial charge on any atom is 0.147 e. The zero-order chi connectivity index (χ0) is 12.1. The Kier molecular flexibility index (Phi) is 5.12. The Morgan fingerprint density at radius 3 is 2.81 bits per heavy atom. The molecule has 90 valence electrons. The van der Waals surface area contributed by atoms with Gasteiger partial charge in [-0.25, -0.2) is 4.98 Å². The first-order chi connectivity index (χ1) is 7.54. The number of hydrogen-bond donors (Lipinski definition) is 3. The van der Waals surface area contributed by atoms with E-state index in [1.165, 1.54) is 6.07 Å². The highest BCUT2D eigenvalue weighted by molar-refractivity contribution is 6.37. The topological polar surface area (TPSA) is 71.2 Å². The van der Waals surface area contributed by atoms with Crippen molar-refractivity contribution in [2.75, 3.05) is 17.6 Å². The molecule has 0 aliphatic heterocycles. The van der Waals surface area contributed by atoms with Crippen molar-refractivity contribution in [3.63, 3.8) is 0 Å². The number of nitrogens with one attached hydrogen (secondary N) is 1. The summed E-state index contributed by atoms with van der Waals surface area (Å²) in [5.41, 5.74) is 5.55. The number of aliphatic hydroxyl groups excluding tert-OH is 1. The average Bonchev–Trinajstić information content (AvgIpc) is 2.22. The van der Waals surface area contributed by atoms with Crippen molar-refractivity contribution < 1.29 is 5.11 Å². The Balaban J connectivity index is 2.63. The molecule has 1 heterocycles. The van der Waals surface area contributed by atoms with Crippen LogP contribution < -0.4 is 11.1 Å². The second-order valence-electron chi connectivity index (χ2n) is 3.51. The molecule has 0 saturated heterocycles. The molecule has 6 heteroatoms. The number of hydrogen-bond acceptors (Lipinski definition) is 4. The van der Waals surface area contributed by atoms with Gasteiger partial charge in [0, 0.05) is 6.54 Å². The predicted molar refractivity (Wildman–Crippen MR) is 68.1 cm³/mol. The molecule has 0 aliphatic carbocycles. The summed E-state index contributed by atoms with van der Waals surface area (Å²) in [6.45, 7) is 2.40. The summed E-state index contributed by atoms with van der Waals surface area (Å²) in [5.74, 6) is 0.664. The molecule has 1 atom stereocenters. The van der Waals surface area contributed by atoms with Crippen LogP contribution in [0, 0.1) is 0 Å². The fourth-order valence-corrected chi connectivity index (χ4v) is 1.68. The lowest BCUT2D eigenvalue weighted by molar-refractivity contribution is 0.176. The van der Waals surface area contributed by atoms with Crippen LogP contribution in [0.4, 0.5) is 11.6 Å². The molecule has 1 unspecified atom stereocenters. The van der Waals surface area contributed by atoms with Crippen LogP contribution in [0.1, 0.15) is 19.8 Å². The highest BCUT2D eigenvalue weighted by atomic mass is 35.5. The van der Waals surface area contributed by atoms with Gasteiger partial charge in [0.25, 0.3) is 0 Å². The van der Waals surface area contributed by atoms with Gasteiger partial charge >= 0.3 is 0 Å². The van der Waals surface area contributed by atoms with E-state index < -0.39 is 6.10 Å². The third kappa shape index (κ3) is 3.70. The normalized spacial score (nSPS) is 12.5. The molecule has 4 nitrogen and oxygen atoms in total. The van der Waals surface area contributed by atoms with Crippen molar-refractivity contribution in [1.82, 2.24) is 4.98 Å². The fourth-order valence-electron chi connectivity index (χ4n) is 1.25. The Labute approximate surface area is 105 Å². The SMILES string of the molecule is CCCC(O)CNc1nc(N)c(Cl)cc1Cl. The molecule has 1 rings (SSSR count). The summed E-state index contributed by atoms with van der Waals surface area (Å²) >= 11 is 11.7.